The van der Waals surface area contributed by atoms with Crippen molar-refractivity contribution in [1.82, 2.24) is 4.98 Å². The van der Waals surface area contributed by atoms with Gasteiger partial charge in [-0.15, -0.1) is 0 Å². The molecule has 30 heavy (non-hydrogen) atoms. The molecule has 0 radical (unpaired) electrons. The molecule has 0 saturated carbocycles. The van der Waals surface area contributed by atoms with Crippen molar-refractivity contribution in [3.63, 3.8) is 0 Å². The second-order valence-corrected chi connectivity index (χ2v) is 8.36. The number of hydrogen-bond acceptors (Lipinski definition) is 3. The van der Waals surface area contributed by atoms with Gasteiger partial charge in [-0.1, -0.05) is 43.6 Å². The van der Waals surface area contributed by atoms with Crippen molar-refractivity contribution in [3.05, 3.63) is 81.6 Å². The number of nitrogens with zero attached hydrogens (tertiary/aromatic N) is 1. The third-order valence-corrected chi connectivity index (χ3v) is 5.24. The van der Waals surface area contributed by atoms with Crippen LogP contribution in [0.15, 0.2) is 48.5 Å². The molecular weight excluding hydrogens is 398 g/mol. The van der Waals surface area contributed by atoms with Crippen LogP contribution in [0.25, 0.3) is 11.1 Å². The summed E-state index contributed by atoms with van der Waals surface area (Å²) in [4.78, 5) is 16.7. The van der Waals surface area contributed by atoms with Crippen molar-refractivity contribution in [3.8, 4) is 16.9 Å². The summed E-state index contributed by atoms with van der Waals surface area (Å²) in [5.74, 6) is 0.0285. The van der Waals surface area contributed by atoms with Crippen LogP contribution in [-0.2, 0) is 13.0 Å². The summed E-state index contributed by atoms with van der Waals surface area (Å²) >= 11 is 6.17. The molecule has 0 bridgehead atoms. The van der Waals surface area contributed by atoms with Crippen LogP contribution in [0.3, 0.4) is 0 Å². The minimum absolute atomic E-state index is 0.0883. The number of rotatable bonds is 7. The zero-order chi connectivity index (χ0) is 21.8. The van der Waals surface area contributed by atoms with Gasteiger partial charge >= 0.3 is 5.97 Å². The van der Waals surface area contributed by atoms with Gasteiger partial charge in [0.1, 0.15) is 12.4 Å². The van der Waals surface area contributed by atoms with Crippen LogP contribution in [0.2, 0.25) is 5.02 Å². The van der Waals surface area contributed by atoms with E-state index in [1.54, 1.807) is 12.1 Å². The van der Waals surface area contributed by atoms with Crippen LogP contribution in [-0.4, -0.2) is 16.1 Å². The lowest BCUT2D eigenvalue weighted by Crippen LogP contribution is -2.12. The maximum absolute atomic E-state index is 12.0. The van der Waals surface area contributed by atoms with Crippen molar-refractivity contribution < 1.29 is 14.6 Å². The number of carbonyl (C=O) groups is 1. The molecule has 5 heteroatoms. The Morgan fingerprint density at radius 2 is 1.83 bits per heavy atom. The molecule has 4 nitrogen and oxygen atoms in total. The SMILES string of the molecule is Cc1ccc(OCc2nc(CC(C)C)c(-c3cccc(Cl)c3)cc2C(=O)O)cc1C. The number of carboxylic acid groups (broad SMARTS) is 1. The van der Waals surface area contributed by atoms with E-state index in [1.165, 1.54) is 5.56 Å². The minimum atomic E-state index is -1.03. The van der Waals surface area contributed by atoms with Crippen molar-refractivity contribution >= 4 is 17.6 Å². The highest BCUT2D eigenvalue weighted by atomic mass is 35.5. The molecule has 0 saturated heterocycles. The summed E-state index contributed by atoms with van der Waals surface area (Å²) < 4.78 is 5.90. The fourth-order valence-corrected chi connectivity index (χ4v) is 3.48. The molecule has 1 heterocycles. The average Bonchev–Trinajstić information content (AvgIpc) is 2.68. The minimum Gasteiger partial charge on any atom is -0.487 e. The Morgan fingerprint density at radius 3 is 2.47 bits per heavy atom. The molecule has 0 aliphatic heterocycles. The average molecular weight is 424 g/mol. The first kappa shape index (κ1) is 21.8. The molecule has 0 fully saturated rings. The van der Waals surface area contributed by atoms with Gasteiger partial charge in [-0.25, -0.2) is 4.79 Å². The predicted molar refractivity (Wildman–Crippen MR) is 120 cm³/mol. The molecule has 1 aromatic heterocycles. The molecule has 0 aliphatic carbocycles. The molecule has 156 valence electrons. The van der Waals surface area contributed by atoms with E-state index in [9.17, 15) is 9.90 Å². The summed E-state index contributed by atoms with van der Waals surface area (Å²) in [7, 11) is 0. The Labute approximate surface area is 182 Å². The Balaban J connectivity index is 2.03. The number of halogens is 1. The van der Waals surface area contributed by atoms with E-state index in [-0.39, 0.29) is 12.2 Å². The summed E-state index contributed by atoms with van der Waals surface area (Å²) in [5, 5.41) is 10.4. The highest BCUT2D eigenvalue weighted by Crippen LogP contribution is 2.29. The number of pyridine rings is 1. The normalized spacial score (nSPS) is 11.0. The Morgan fingerprint density at radius 1 is 1.07 bits per heavy atom. The number of aromatic nitrogens is 1. The number of hydrogen-bond donors (Lipinski definition) is 1. The lowest BCUT2D eigenvalue weighted by Gasteiger charge is -2.16. The van der Waals surface area contributed by atoms with Crippen molar-refractivity contribution in [2.24, 2.45) is 5.92 Å². The van der Waals surface area contributed by atoms with Crippen LogP contribution in [0.4, 0.5) is 0 Å². The van der Waals surface area contributed by atoms with Crippen LogP contribution in [0.1, 0.15) is 46.7 Å². The first-order valence-corrected chi connectivity index (χ1v) is 10.3. The van der Waals surface area contributed by atoms with Gasteiger partial charge in [-0.2, -0.15) is 0 Å². The molecule has 1 N–H and O–H groups in total. The summed E-state index contributed by atoms with van der Waals surface area (Å²) in [6.45, 7) is 8.37. The van der Waals surface area contributed by atoms with Gasteiger partial charge in [0.25, 0.3) is 0 Å². The smallest absolute Gasteiger partial charge is 0.337 e. The Hall–Kier alpha value is -2.85. The third-order valence-electron chi connectivity index (χ3n) is 5.00. The van der Waals surface area contributed by atoms with Crippen molar-refractivity contribution in [1.29, 1.82) is 0 Å². The van der Waals surface area contributed by atoms with Crippen molar-refractivity contribution in [2.75, 3.05) is 0 Å². The van der Waals surface area contributed by atoms with Gasteiger partial charge in [-0.05, 0) is 73.2 Å². The number of aryl methyl sites for hydroxylation is 2. The maximum atomic E-state index is 12.0. The molecule has 0 unspecified atom stereocenters. The number of ether oxygens (including phenoxy) is 1. The van der Waals surface area contributed by atoms with E-state index in [1.807, 2.05) is 50.2 Å². The van der Waals surface area contributed by atoms with Crippen molar-refractivity contribution in [2.45, 2.75) is 40.7 Å². The lowest BCUT2D eigenvalue weighted by molar-refractivity contribution is 0.0693. The summed E-state index contributed by atoms with van der Waals surface area (Å²) in [5.41, 5.74) is 5.35. The van der Waals surface area contributed by atoms with Gasteiger partial charge < -0.3 is 9.84 Å². The maximum Gasteiger partial charge on any atom is 0.337 e. The van der Waals surface area contributed by atoms with Crippen LogP contribution >= 0.6 is 11.6 Å². The fourth-order valence-electron chi connectivity index (χ4n) is 3.29. The predicted octanol–water partition coefficient (Wildman–Crippen LogP) is 6.49. The van der Waals surface area contributed by atoms with Crippen LogP contribution in [0, 0.1) is 19.8 Å². The van der Waals surface area contributed by atoms with E-state index in [4.69, 9.17) is 21.3 Å². The summed E-state index contributed by atoms with van der Waals surface area (Å²) in [6, 6.07) is 14.9. The molecule has 0 spiro atoms. The van der Waals surface area contributed by atoms with E-state index < -0.39 is 5.97 Å². The van der Waals surface area contributed by atoms with E-state index in [0.29, 0.717) is 22.4 Å². The molecule has 0 aliphatic rings. The molecule has 3 rings (SSSR count). The molecule has 2 aromatic carbocycles. The quantitative estimate of drug-likeness (QED) is 0.471. The first-order chi connectivity index (χ1) is 14.2. The van der Waals surface area contributed by atoms with E-state index >= 15 is 0 Å². The second-order valence-electron chi connectivity index (χ2n) is 7.93. The summed E-state index contributed by atoms with van der Waals surface area (Å²) in [6.07, 6.45) is 0.721. The monoisotopic (exact) mass is 423 g/mol. The highest BCUT2D eigenvalue weighted by Gasteiger charge is 2.19. The largest absolute Gasteiger partial charge is 0.487 e. The molecule has 3 aromatic rings. The standard InChI is InChI=1S/C25H26ClNO3/c1-15(2)10-23-21(18-6-5-7-19(26)12-18)13-22(25(28)29)24(27-23)14-30-20-9-8-16(3)17(4)11-20/h5-9,11-13,15H,10,14H2,1-4H3,(H,28,29). The fraction of sp³-hybridized carbons (Fsp3) is 0.280. The molecule has 0 amide bonds. The van der Waals surface area contributed by atoms with E-state index in [0.717, 1.165) is 28.8 Å². The van der Waals surface area contributed by atoms with E-state index in [2.05, 4.69) is 13.8 Å². The number of aromatic carboxylic acids is 1. The highest BCUT2D eigenvalue weighted by molar-refractivity contribution is 6.30. The van der Waals surface area contributed by atoms with Crippen LogP contribution < -0.4 is 4.74 Å². The zero-order valence-corrected chi connectivity index (χ0v) is 18.5. The zero-order valence-electron chi connectivity index (χ0n) is 17.7. The first-order valence-electron chi connectivity index (χ1n) is 9.96. The Kier molecular flexibility index (Phi) is 6.78. The topological polar surface area (TPSA) is 59.4 Å². The third kappa shape index (κ3) is 5.19. The van der Waals surface area contributed by atoms with Gasteiger partial charge in [0.05, 0.1) is 11.3 Å². The van der Waals surface area contributed by atoms with Gasteiger partial charge in [0.2, 0.25) is 0 Å². The Bertz CT molecular complexity index is 1080. The van der Waals surface area contributed by atoms with Gasteiger partial charge in [0, 0.05) is 16.3 Å². The lowest BCUT2D eigenvalue weighted by atomic mass is 9.95. The van der Waals surface area contributed by atoms with Gasteiger partial charge in [-0.3, -0.25) is 4.98 Å². The van der Waals surface area contributed by atoms with Gasteiger partial charge in [0.15, 0.2) is 0 Å². The molecular formula is C25H26ClNO3. The van der Waals surface area contributed by atoms with Crippen LogP contribution in [0.5, 0.6) is 5.75 Å². The number of carboxylic acids is 1. The number of benzene rings is 2. The molecule has 0 atom stereocenters. The second kappa shape index (κ2) is 9.31.